The summed E-state index contributed by atoms with van der Waals surface area (Å²) < 4.78 is 5.25. The van der Waals surface area contributed by atoms with Gasteiger partial charge in [0.1, 0.15) is 0 Å². The van der Waals surface area contributed by atoms with E-state index in [0.29, 0.717) is 12.5 Å². The van der Waals surface area contributed by atoms with E-state index in [1.807, 2.05) is 6.92 Å². The van der Waals surface area contributed by atoms with Gasteiger partial charge in [-0.2, -0.15) is 0 Å². The molecule has 3 N–H and O–H groups in total. The lowest BCUT2D eigenvalue weighted by molar-refractivity contribution is -0.122. The van der Waals surface area contributed by atoms with Crippen molar-refractivity contribution in [2.24, 2.45) is 5.73 Å². The van der Waals surface area contributed by atoms with Gasteiger partial charge in [0.25, 0.3) is 0 Å². The Balaban J connectivity index is 2.21. The summed E-state index contributed by atoms with van der Waals surface area (Å²) in [5.74, 6) is 0.0751. The zero-order valence-corrected chi connectivity index (χ0v) is 9.66. The van der Waals surface area contributed by atoms with E-state index in [2.05, 4.69) is 5.32 Å². The Morgan fingerprint density at radius 1 is 1.60 bits per heavy atom. The van der Waals surface area contributed by atoms with Crippen molar-refractivity contribution in [2.45, 2.75) is 57.2 Å². The molecule has 1 saturated carbocycles. The number of methoxy groups -OCH3 is 1. The summed E-state index contributed by atoms with van der Waals surface area (Å²) in [4.78, 5) is 11.5. The second kappa shape index (κ2) is 6.08. The Hall–Kier alpha value is -0.610. The van der Waals surface area contributed by atoms with E-state index in [4.69, 9.17) is 10.5 Å². The van der Waals surface area contributed by atoms with Crippen molar-refractivity contribution in [3.05, 3.63) is 0 Å². The predicted octanol–water partition coefficient (Wildman–Crippen LogP) is 0.797. The molecular weight excluding hydrogens is 192 g/mol. The summed E-state index contributed by atoms with van der Waals surface area (Å²) >= 11 is 0. The summed E-state index contributed by atoms with van der Waals surface area (Å²) in [7, 11) is 1.72. The van der Waals surface area contributed by atoms with Gasteiger partial charge in [0.15, 0.2) is 0 Å². The summed E-state index contributed by atoms with van der Waals surface area (Å²) in [5.41, 5.74) is 5.72. The van der Waals surface area contributed by atoms with Crippen molar-refractivity contribution in [1.29, 1.82) is 0 Å². The zero-order valence-electron chi connectivity index (χ0n) is 9.66. The average Bonchev–Trinajstić information content (AvgIpc) is 2.65. The SMILES string of the molecule is CCC(N)CC(=O)NC1CCC(OC)C1. The van der Waals surface area contributed by atoms with Gasteiger partial charge in [-0.1, -0.05) is 6.92 Å². The fraction of sp³-hybridized carbons (Fsp3) is 0.909. The smallest absolute Gasteiger partial charge is 0.221 e. The molecule has 0 aromatic heterocycles. The molecule has 4 heteroatoms. The molecule has 3 unspecified atom stereocenters. The van der Waals surface area contributed by atoms with Crippen LogP contribution in [0.25, 0.3) is 0 Å². The van der Waals surface area contributed by atoms with E-state index in [1.54, 1.807) is 7.11 Å². The number of rotatable bonds is 5. The van der Waals surface area contributed by atoms with E-state index >= 15 is 0 Å². The molecule has 0 aromatic rings. The lowest BCUT2D eigenvalue weighted by atomic mass is 10.1. The van der Waals surface area contributed by atoms with Crippen LogP contribution in [0.2, 0.25) is 0 Å². The van der Waals surface area contributed by atoms with Crippen molar-refractivity contribution in [1.82, 2.24) is 5.32 Å². The molecule has 3 atom stereocenters. The average molecular weight is 214 g/mol. The van der Waals surface area contributed by atoms with Crippen LogP contribution in [0.3, 0.4) is 0 Å². The van der Waals surface area contributed by atoms with Gasteiger partial charge < -0.3 is 15.8 Å². The van der Waals surface area contributed by atoms with Gasteiger partial charge in [-0.15, -0.1) is 0 Å². The maximum absolute atomic E-state index is 11.5. The second-order valence-electron chi connectivity index (χ2n) is 4.31. The Morgan fingerprint density at radius 2 is 2.33 bits per heavy atom. The highest BCUT2D eigenvalue weighted by Crippen LogP contribution is 2.21. The fourth-order valence-corrected chi connectivity index (χ4v) is 1.95. The van der Waals surface area contributed by atoms with Gasteiger partial charge in [-0.05, 0) is 25.7 Å². The molecule has 0 aliphatic heterocycles. The standard InChI is InChI=1S/C11H22N2O2/c1-3-8(12)6-11(14)13-9-4-5-10(7-9)15-2/h8-10H,3-7,12H2,1-2H3,(H,13,14). The van der Waals surface area contributed by atoms with Crippen LogP contribution < -0.4 is 11.1 Å². The lowest BCUT2D eigenvalue weighted by Crippen LogP contribution is -2.37. The van der Waals surface area contributed by atoms with Gasteiger partial charge in [-0.3, -0.25) is 4.79 Å². The largest absolute Gasteiger partial charge is 0.381 e. The number of hydrogen-bond donors (Lipinski definition) is 2. The minimum absolute atomic E-state index is 0.00961. The fourth-order valence-electron chi connectivity index (χ4n) is 1.95. The van der Waals surface area contributed by atoms with E-state index < -0.39 is 0 Å². The van der Waals surface area contributed by atoms with E-state index in [-0.39, 0.29) is 18.0 Å². The monoisotopic (exact) mass is 214 g/mol. The normalized spacial score (nSPS) is 27.7. The van der Waals surface area contributed by atoms with Crippen LogP contribution in [0, 0.1) is 0 Å². The molecule has 0 radical (unpaired) electrons. The molecule has 0 heterocycles. The molecule has 1 aliphatic rings. The molecule has 0 aromatic carbocycles. The first-order valence-corrected chi connectivity index (χ1v) is 5.73. The van der Waals surface area contributed by atoms with Crippen molar-refractivity contribution < 1.29 is 9.53 Å². The van der Waals surface area contributed by atoms with E-state index in [1.165, 1.54) is 0 Å². The molecule has 1 rings (SSSR count). The van der Waals surface area contributed by atoms with Crippen molar-refractivity contribution in [3.63, 3.8) is 0 Å². The number of hydrogen-bond acceptors (Lipinski definition) is 3. The third-order valence-electron chi connectivity index (χ3n) is 3.05. The molecule has 1 amide bonds. The lowest BCUT2D eigenvalue weighted by Gasteiger charge is -2.14. The number of carbonyl (C=O) groups excluding carboxylic acids is 1. The molecule has 1 fully saturated rings. The van der Waals surface area contributed by atoms with Gasteiger partial charge in [0, 0.05) is 25.6 Å². The van der Waals surface area contributed by atoms with Crippen LogP contribution in [0.1, 0.15) is 39.0 Å². The van der Waals surface area contributed by atoms with Crippen molar-refractivity contribution in [2.75, 3.05) is 7.11 Å². The molecule has 1 aliphatic carbocycles. The van der Waals surface area contributed by atoms with Crippen LogP contribution in [-0.4, -0.2) is 31.2 Å². The minimum atomic E-state index is -0.00961. The third-order valence-corrected chi connectivity index (χ3v) is 3.05. The number of amides is 1. The predicted molar refractivity (Wildman–Crippen MR) is 59.5 cm³/mol. The van der Waals surface area contributed by atoms with Gasteiger partial charge in [0.05, 0.1) is 6.10 Å². The Kier molecular flexibility index (Phi) is 5.05. The molecule has 15 heavy (non-hydrogen) atoms. The van der Waals surface area contributed by atoms with Crippen LogP contribution in [0.4, 0.5) is 0 Å². The second-order valence-corrected chi connectivity index (χ2v) is 4.31. The van der Waals surface area contributed by atoms with Crippen molar-refractivity contribution in [3.8, 4) is 0 Å². The first-order valence-electron chi connectivity index (χ1n) is 5.73. The first-order chi connectivity index (χ1) is 7.15. The highest BCUT2D eigenvalue weighted by Gasteiger charge is 2.25. The van der Waals surface area contributed by atoms with E-state index in [0.717, 1.165) is 25.7 Å². The summed E-state index contributed by atoms with van der Waals surface area (Å²) in [6, 6.07) is 0.274. The maximum atomic E-state index is 11.5. The van der Waals surface area contributed by atoms with Crippen LogP contribution in [0.5, 0.6) is 0 Å². The molecular formula is C11H22N2O2. The highest BCUT2D eigenvalue weighted by molar-refractivity contribution is 5.76. The molecule has 0 bridgehead atoms. The van der Waals surface area contributed by atoms with Gasteiger partial charge >= 0.3 is 0 Å². The number of carbonyl (C=O) groups is 1. The van der Waals surface area contributed by atoms with E-state index in [9.17, 15) is 4.79 Å². The Labute approximate surface area is 91.5 Å². The number of nitrogens with one attached hydrogen (secondary N) is 1. The highest BCUT2D eigenvalue weighted by atomic mass is 16.5. The molecule has 88 valence electrons. The summed E-state index contributed by atoms with van der Waals surface area (Å²) in [5, 5.41) is 3.01. The Morgan fingerprint density at radius 3 is 2.87 bits per heavy atom. The topological polar surface area (TPSA) is 64.4 Å². The minimum Gasteiger partial charge on any atom is -0.381 e. The molecule has 0 spiro atoms. The third kappa shape index (κ3) is 4.18. The maximum Gasteiger partial charge on any atom is 0.221 e. The summed E-state index contributed by atoms with van der Waals surface area (Å²) in [6.07, 6.45) is 4.59. The Bertz CT molecular complexity index is 209. The first kappa shape index (κ1) is 12.5. The zero-order chi connectivity index (χ0) is 11.3. The van der Waals surface area contributed by atoms with Crippen molar-refractivity contribution >= 4 is 5.91 Å². The van der Waals surface area contributed by atoms with Gasteiger partial charge in [-0.25, -0.2) is 0 Å². The number of nitrogens with two attached hydrogens (primary N) is 1. The molecule has 4 nitrogen and oxygen atoms in total. The van der Waals surface area contributed by atoms with Crippen LogP contribution in [0.15, 0.2) is 0 Å². The summed E-state index contributed by atoms with van der Waals surface area (Å²) in [6.45, 7) is 1.99. The number of ether oxygens (including phenoxy) is 1. The van der Waals surface area contributed by atoms with Crippen LogP contribution in [-0.2, 0) is 9.53 Å². The van der Waals surface area contributed by atoms with Crippen LogP contribution >= 0.6 is 0 Å². The van der Waals surface area contributed by atoms with Gasteiger partial charge in [0.2, 0.25) is 5.91 Å². The quantitative estimate of drug-likeness (QED) is 0.711. The molecule has 0 saturated heterocycles.